The van der Waals surface area contributed by atoms with Crippen molar-refractivity contribution in [3.8, 4) is 0 Å². The van der Waals surface area contributed by atoms with Crippen LogP contribution < -0.4 is 0 Å². The zero-order chi connectivity index (χ0) is 40.1. The molecule has 0 aromatic carbocycles. The zero-order valence-corrected chi connectivity index (χ0v) is 39.8. The summed E-state index contributed by atoms with van der Waals surface area (Å²) in [4.78, 5) is 0. The second kappa shape index (κ2) is 19.8. The Morgan fingerprint density at radius 1 is 0.556 bits per heavy atom. The Bertz CT molecular complexity index is 1130. The first kappa shape index (κ1) is 45.9. The van der Waals surface area contributed by atoms with Crippen molar-refractivity contribution >= 4 is 16.6 Å². The predicted octanol–water partition coefficient (Wildman–Crippen LogP) is 14.3. The summed E-state index contributed by atoms with van der Waals surface area (Å²) < 4.78 is 28.5. The van der Waals surface area contributed by atoms with Crippen molar-refractivity contribution in [1.82, 2.24) is 0 Å². The van der Waals surface area contributed by atoms with Gasteiger partial charge >= 0.3 is 0 Å². The predicted molar refractivity (Wildman–Crippen MR) is 237 cm³/mol. The van der Waals surface area contributed by atoms with Crippen molar-refractivity contribution in [2.75, 3.05) is 13.2 Å². The SMILES string of the molecule is C=C(C)[C@H]1CC[C@H]([C@H]2CC/C(=C/CC/C=C3/CC[C@H]([C@H]4CC[C@H](C(=C)C)[C@@H]4O[Si](C(C)C)(C(C)C)C(C)C)OC3)CO2)[C@H]1O[Si](C(C)C)(C(C)C)C(C)C. The van der Waals surface area contributed by atoms with Crippen LogP contribution in [0.2, 0.25) is 33.2 Å². The maximum atomic E-state index is 7.54. The van der Waals surface area contributed by atoms with Crippen LogP contribution in [0.3, 0.4) is 0 Å². The summed E-state index contributed by atoms with van der Waals surface area (Å²) >= 11 is 0. The zero-order valence-electron chi connectivity index (χ0n) is 37.8. The first-order valence-corrected chi connectivity index (χ1v) is 26.9. The van der Waals surface area contributed by atoms with Crippen LogP contribution >= 0.6 is 0 Å². The van der Waals surface area contributed by atoms with E-state index in [2.05, 4.69) is 122 Å². The van der Waals surface area contributed by atoms with Crippen LogP contribution in [0.15, 0.2) is 47.6 Å². The summed E-state index contributed by atoms with van der Waals surface area (Å²) in [6.07, 6.45) is 17.5. The van der Waals surface area contributed by atoms with E-state index < -0.39 is 16.6 Å². The summed E-state index contributed by atoms with van der Waals surface area (Å²) in [5.41, 5.74) is 9.06. The van der Waals surface area contributed by atoms with E-state index in [9.17, 15) is 0 Å². The molecule has 8 atom stereocenters. The van der Waals surface area contributed by atoms with Crippen LogP contribution in [-0.4, -0.2) is 54.3 Å². The van der Waals surface area contributed by atoms with E-state index in [0.717, 1.165) is 51.7 Å². The van der Waals surface area contributed by atoms with Crippen molar-refractivity contribution in [3.05, 3.63) is 47.6 Å². The van der Waals surface area contributed by atoms with Crippen LogP contribution in [0.4, 0.5) is 0 Å². The van der Waals surface area contributed by atoms with E-state index in [1.165, 1.54) is 48.0 Å². The number of hydrogen-bond donors (Lipinski definition) is 0. The summed E-state index contributed by atoms with van der Waals surface area (Å²) in [7, 11) is -4.01. The summed E-state index contributed by atoms with van der Waals surface area (Å²) in [6.45, 7) is 43.8. The lowest BCUT2D eigenvalue weighted by molar-refractivity contribution is -0.0366. The number of ether oxygens (including phenoxy) is 2. The maximum Gasteiger partial charge on any atom is 0.200 e. The van der Waals surface area contributed by atoms with E-state index in [0.29, 0.717) is 69.1 Å². The van der Waals surface area contributed by atoms with Gasteiger partial charge in [0.15, 0.2) is 0 Å². The van der Waals surface area contributed by atoms with E-state index in [1.807, 2.05) is 0 Å². The Hall–Kier alpha value is -0.766. The average molecular weight is 783 g/mol. The van der Waals surface area contributed by atoms with Crippen molar-refractivity contribution in [3.63, 3.8) is 0 Å². The van der Waals surface area contributed by atoms with Gasteiger partial charge in [0.25, 0.3) is 0 Å². The number of allylic oxidation sites excluding steroid dienone is 2. The van der Waals surface area contributed by atoms with Crippen LogP contribution in [0.5, 0.6) is 0 Å². The Kier molecular flexibility index (Phi) is 16.8. The van der Waals surface area contributed by atoms with Crippen LogP contribution in [0.25, 0.3) is 0 Å². The number of unbranched alkanes of at least 4 members (excludes halogenated alkanes) is 1. The second-order valence-electron chi connectivity index (χ2n) is 20.3. The average Bonchev–Trinajstić information content (AvgIpc) is 3.72. The Balaban J connectivity index is 1.31. The van der Waals surface area contributed by atoms with Gasteiger partial charge in [-0.1, -0.05) is 120 Å². The lowest BCUT2D eigenvalue weighted by Crippen LogP contribution is -2.53. The molecule has 4 aliphatic rings. The minimum absolute atomic E-state index is 0.246. The highest BCUT2D eigenvalue weighted by atomic mass is 28.4. The quantitative estimate of drug-likeness (QED) is 0.0836. The smallest absolute Gasteiger partial charge is 0.200 e. The van der Waals surface area contributed by atoms with E-state index in [4.69, 9.17) is 18.3 Å². The van der Waals surface area contributed by atoms with Gasteiger partial charge in [0.2, 0.25) is 16.6 Å². The van der Waals surface area contributed by atoms with Crippen LogP contribution in [0, 0.1) is 23.7 Å². The van der Waals surface area contributed by atoms with Gasteiger partial charge in [-0.05, 0) is 122 Å². The lowest BCUT2D eigenvalue weighted by atomic mass is 9.88. The molecule has 4 nitrogen and oxygen atoms in total. The molecule has 2 heterocycles. The third-order valence-electron chi connectivity index (χ3n) is 15.1. The van der Waals surface area contributed by atoms with E-state index in [1.54, 1.807) is 0 Å². The summed E-state index contributed by atoms with van der Waals surface area (Å²) in [5.74, 6) is 1.85. The molecule has 0 unspecified atom stereocenters. The van der Waals surface area contributed by atoms with Crippen LogP contribution in [0.1, 0.15) is 161 Å². The maximum absolute atomic E-state index is 7.54. The normalized spacial score (nSPS) is 31.8. The topological polar surface area (TPSA) is 36.9 Å². The molecular weight excluding hydrogens is 697 g/mol. The van der Waals surface area contributed by atoms with E-state index >= 15 is 0 Å². The third kappa shape index (κ3) is 9.91. The van der Waals surface area contributed by atoms with Crippen molar-refractivity contribution in [1.29, 1.82) is 0 Å². The molecular formula is C48H86O4Si2. The fourth-order valence-electron chi connectivity index (χ4n) is 12.4. The van der Waals surface area contributed by atoms with Gasteiger partial charge in [0, 0.05) is 23.7 Å². The molecule has 2 saturated heterocycles. The molecule has 0 radical (unpaired) electrons. The van der Waals surface area contributed by atoms with Gasteiger partial charge in [-0.15, -0.1) is 0 Å². The van der Waals surface area contributed by atoms with Gasteiger partial charge in [-0.25, -0.2) is 0 Å². The van der Waals surface area contributed by atoms with Crippen LogP contribution in [-0.2, 0) is 18.3 Å². The first-order valence-electron chi connectivity index (χ1n) is 22.6. The molecule has 0 aromatic rings. The molecule has 0 amide bonds. The van der Waals surface area contributed by atoms with Crippen molar-refractivity contribution in [2.45, 2.75) is 219 Å². The number of hydrogen-bond acceptors (Lipinski definition) is 4. The Morgan fingerprint density at radius 3 is 1.11 bits per heavy atom. The standard InChI is InChI=1S/C48H86O4Si2/c1-31(2)41-23-25-43(47(41)51-53(33(5)6,34(7)8)35(9)10)45-27-21-39(29-49-45)19-17-18-20-40-22-28-46(50-30-40)44-26-24-42(32(3)4)48(44)52-54(36(11)12,37(13)14)38(15)16/h19-20,33-38,41-48H,1,3,17-18,21-30H2,2,4-16H3/b39-19-,40-20-/t41-,42-,43-,44-,45-,46-,47+,48+/m1/s1. The fourth-order valence-corrected chi connectivity index (χ4v) is 23.7. The highest BCUT2D eigenvalue weighted by Crippen LogP contribution is 2.51. The molecule has 4 rings (SSSR count). The van der Waals surface area contributed by atoms with Gasteiger partial charge < -0.3 is 18.3 Å². The Labute approximate surface area is 337 Å². The Morgan fingerprint density at radius 2 is 0.870 bits per heavy atom. The monoisotopic (exact) mass is 783 g/mol. The highest BCUT2D eigenvalue weighted by molar-refractivity contribution is 6.78. The van der Waals surface area contributed by atoms with Gasteiger partial charge in [-0.2, -0.15) is 0 Å². The van der Waals surface area contributed by atoms with E-state index in [-0.39, 0.29) is 12.2 Å². The highest BCUT2D eigenvalue weighted by Gasteiger charge is 2.53. The first-order chi connectivity index (χ1) is 25.4. The van der Waals surface area contributed by atoms with Gasteiger partial charge in [0.1, 0.15) is 0 Å². The molecule has 2 aliphatic heterocycles. The molecule has 2 aliphatic carbocycles. The lowest BCUT2D eigenvalue weighted by Gasteiger charge is -2.47. The van der Waals surface area contributed by atoms with Crippen molar-refractivity contribution in [2.24, 2.45) is 23.7 Å². The summed E-state index contributed by atoms with van der Waals surface area (Å²) in [5, 5.41) is 0. The minimum atomic E-state index is -2.01. The fraction of sp³-hybridized carbons (Fsp3) is 0.833. The molecule has 54 heavy (non-hydrogen) atoms. The molecule has 0 N–H and O–H groups in total. The number of rotatable bonds is 17. The third-order valence-corrected chi connectivity index (χ3v) is 27.3. The van der Waals surface area contributed by atoms with Crippen molar-refractivity contribution < 1.29 is 18.3 Å². The molecule has 6 heteroatoms. The largest absolute Gasteiger partial charge is 0.412 e. The molecule has 0 aromatic heterocycles. The molecule has 310 valence electrons. The second-order valence-corrected chi connectivity index (χ2v) is 31.1. The van der Waals surface area contributed by atoms with Gasteiger partial charge in [0.05, 0.1) is 37.6 Å². The molecule has 2 saturated carbocycles. The molecule has 0 bridgehead atoms. The summed E-state index contributed by atoms with van der Waals surface area (Å²) in [6, 6.07) is 0. The molecule has 0 spiro atoms. The molecule has 4 fully saturated rings. The van der Waals surface area contributed by atoms with Gasteiger partial charge in [-0.3, -0.25) is 0 Å². The minimum Gasteiger partial charge on any atom is -0.412 e.